The van der Waals surface area contributed by atoms with Gasteiger partial charge in [0.15, 0.2) is 11.6 Å². The van der Waals surface area contributed by atoms with Crippen molar-refractivity contribution in [3.63, 3.8) is 0 Å². The summed E-state index contributed by atoms with van der Waals surface area (Å²) in [5.41, 5.74) is 0. The first-order valence-corrected chi connectivity index (χ1v) is 4.87. The van der Waals surface area contributed by atoms with Crippen LogP contribution in [-0.4, -0.2) is 9.59 Å². The molecule has 6 heteroatoms. The van der Waals surface area contributed by atoms with Crippen molar-refractivity contribution in [1.82, 2.24) is 9.59 Å². The zero-order valence-corrected chi connectivity index (χ0v) is 8.30. The first kappa shape index (κ1) is 9.97. The Kier molecular flexibility index (Phi) is 2.86. The van der Waals surface area contributed by atoms with Gasteiger partial charge in [-0.05, 0) is 23.7 Å². The molecule has 15 heavy (non-hydrogen) atoms. The van der Waals surface area contributed by atoms with E-state index in [1.165, 1.54) is 23.8 Å². The van der Waals surface area contributed by atoms with E-state index in [0.717, 1.165) is 17.0 Å². The van der Waals surface area contributed by atoms with Crippen molar-refractivity contribution in [3.8, 4) is 5.75 Å². The molecule has 2 aromatic rings. The molecular weight excluding hydrogens is 222 g/mol. The number of benzene rings is 1. The van der Waals surface area contributed by atoms with Gasteiger partial charge in [-0.25, -0.2) is 8.78 Å². The number of halogens is 2. The first-order chi connectivity index (χ1) is 7.25. The SMILES string of the molecule is Fc1ccc(OCc2cnns2)c(F)c1. The summed E-state index contributed by atoms with van der Waals surface area (Å²) in [7, 11) is 0. The molecule has 0 saturated carbocycles. The van der Waals surface area contributed by atoms with Crippen molar-refractivity contribution < 1.29 is 13.5 Å². The third-order valence-corrected chi connectivity index (χ3v) is 2.30. The van der Waals surface area contributed by atoms with Crippen molar-refractivity contribution in [2.45, 2.75) is 6.61 Å². The molecule has 78 valence electrons. The van der Waals surface area contributed by atoms with E-state index in [2.05, 4.69) is 9.59 Å². The van der Waals surface area contributed by atoms with Crippen molar-refractivity contribution in [1.29, 1.82) is 0 Å². The third kappa shape index (κ3) is 2.47. The van der Waals surface area contributed by atoms with Crippen molar-refractivity contribution in [3.05, 3.63) is 40.9 Å². The number of ether oxygens (including phenoxy) is 1. The Bertz CT molecular complexity index is 447. The van der Waals surface area contributed by atoms with E-state index in [9.17, 15) is 8.78 Å². The Balaban J connectivity index is 2.05. The average molecular weight is 228 g/mol. The summed E-state index contributed by atoms with van der Waals surface area (Å²) in [5.74, 6) is -1.32. The maximum Gasteiger partial charge on any atom is 0.167 e. The fourth-order valence-electron chi connectivity index (χ4n) is 0.992. The van der Waals surface area contributed by atoms with E-state index >= 15 is 0 Å². The van der Waals surface area contributed by atoms with Gasteiger partial charge in [0.05, 0.1) is 11.1 Å². The van der Waals surface area contributed by atoms with E-state index in [-0.39, 0.29) is 12.4 Å². The van der Waals surface area contributed by atoms with Gasteiger partial charge in [0, 0.05) is 6.07 Å². The summed E-state index contributed by atoms with van der Waals surface area (Å²) in [6.45, 7) is 0.181. The van der Waals surface area contributed by atoms with Gasteiger partial charge in [-0.15, -0.1) is 5.10 Å². The highest BCUT2D eigenvalue weighted by Gasteiger charge is 2.05. The largest absolute Gasteiger partial charge is 0.485 e. The fourth-order valence-corrected chi connectivity index (χ4v) is 1.40. The summed E-state index contributed by atoms with van der Waals surface area (Å²) in [4.78, 5) is 0.777. The minimum atomic E-state index is -0.715. The van der Waals surface area contributed by atoms with Gasteiger partial charge in [-0.2, -0.15) is 0 Å². The first-order valence-electron chi connectivity index (χ1n) is 4.10. The molecular formula is C9H6F2N2OS. The predicted molar refractivity (Wildman–Crippen MR) is 50.6 cm³/mol. The molecule has 3 nitrogen and oxygen atoms in total. The van der Waals surface area contributed by atoms with Crippen LogP contribution >= 0.6 is 11.5 Å². The number of aromatic nitrogens is 2. The zero-order chi connectivity index (χ0) is 10.7. The molecule has 1 aromatic carbocycles. The zero-order valence-electron chi connectivity index (χ0n) is 7.48. The molecule has 0 aliphatic carbocycles. The lowest BCUT2D eigenvalue weighted by Crippen LogP contribution is -1.95. The number of hydrogen-bond acceptors (Lipinski definition) is 4. The average Bonchev–Trinajstić information content (AvgIpc) is 2.69. The van der Waals surface area contributed by atoms with Crippen molar-refractivity contribution in [2.75, 3.05) is 0 Å². The smallest absolute Gasteiger partial charge is 0.167 e. The normalized spacial score (nSPS) is 10.3. The Hall–Kier alpha value is -1.56. The van der Waals surface area contributed by atoms with Gasteiger partial charge >= 0.3 is 0 Å². The van der Waals surface area contributed by atoms with Crippen molar-refractivity contribution >= 4 is 11.5 Å². The maximum atomic E-state index is 13.1. The van der Waals surface area contributed by atoms with Gasteiger partial charge < -0.3 is 4.74 Å². The van der Waals surface area contributed by atoms with Crippen LogP contribution in [0.15, 0.2) is 24.4 Å². The van der Waals surface area contributed by atoms with Gasteiger partial charge in [0.25, 0.3) is 0 Å². The summed E-state index contributed by atoms with van der Waals surface area (Å²) < 4.78 is 34.4. The van der Waals surface area contributed by atoms with E-state index in [1.807, 2.05) is 0 Å². The van der Waals surface area contributed by atoms with Crippen LogP contribution < -0.4 is 4.74 Å². The minimum Gasteiger partial charge on any atom is -0.485 e. The Morgan fingerprint density at radius 2 is 2.20 bits per heavy atom. The van der Waals surface area contributed by atoms with Crippen LogP contribution in [0.5, 0.6) is 5.75 Å². The molecule has 0 radical (unpaired) electrons. The molecule has 1 aromatic heterocycles. The summed E-state index contributed by atoms with van der Waals surface area (Å²) >= 11 is 1.17. The van der Waals surface area contributed by atoms with Crippen LogP contribution in [0, 0.1) is 11.6 Å². The second-order valence-electron chi connectivity index (χ2n) is 2.75. The fraction of sp³-hybridized carbons (Fsp3) is 0.111. The minimum absolute atomic E-state index is 0.0183. The van der Waals surface area contributed by atoms with E-state index in [1.54, 1.807) is 0 Å². The van der Waals surface area contributed by atoms with Crippen molar-refractivity contribution in [2.24, 2.45) is 0 Å². The molecule has 0 bridgehead atoms. The molecule has 0 N–H and O–H groups in total. The lowest BCUT2D eigenvalue weighted by Gasteiger charge is -2.04. The summed E-state index contributed by atoms with van der Waals surface area (Å²) in [5, 5.41) is 3.61. The lowest BCUT2D eigenvalue weighted by molar-refractivity contribution is 0.292. The van der Waals surface area contributed by atoms with Crippen LogP contribution in [-0.2, 0) is 6.61 Å². The number of rotatable bonds is 3. The summed E-state index contributed by atoms with van der Waals surface area (Å²) in [6.07, 6.45) is 1.53. The highest BCUT2D eigenvalue weighted by atomic mass is 32.1. The molecule has 2 rings (SSSR count). The molecule has 0 unspecified atom stereocenters. The highest BCUT2D eigenvalue weighted by molar-refractivity contribution is 7.05. The maximum absolute atomic E-state index is 13.1. The molecule has 0 aliphatic rings. The van der Waals surface area contributed by atoms with Crippen LogP contribution in [0.2, 0.25) is 0 Å². The van der Waals surface area contributed by atoms with E-state index < -0.39 is 11.6 Å². The van der Waals surface area contributed by atoms with Crippen LogP contribution in [0.1, 0.15) is 4.88 Å². The van der Waals surface area contributed by atoms with Gasteiger partial charge in [0.2, 0.25) is 0 Å². The molecule has 0 atom stereocenters. The molecule has 0 aliphatic heterocycles. The van der Waals surface area contributed by atoms with Crippen LogP contribution in [0.25, 0.3) is 0 Å². The second kappa shape index (κ2) is 4.31. The number of hydrogen-bond donors (Lipinski definition) is 0. The van der Waals surface area contributed by atoms with Crippen LogP contribution in [0.3, 0.4) is 0 Å². The molecule has 0 spiro atoms. The van der Waals surface area contributed by atoms with E-state index in [4.69, 9.17) is 4.74 Å². The Morgan fingerprint density at radius 1 is 1.33 bits per heavy atom. The second-order valence-corrected chi connectivity index (χ2v) is 3.62. The third-order valence-electron chi connectivity index (χ3n) is 1.67. The molecule has 0 fully saturated rings. The van der Waals surface area contributed by atoms with Gasteiger partial charge in [0.1, 0.15) is 12.4 Å². The quantitative estimate of drug-likeness (QED) is 0.809. The van der Waals surface area contributed by atoms with Gasteiger partial charge in [-0.1, -0.05) is 4.49 Å². The monoisotopic (exact) mass is 228 g/mol. The Labute approximate surface area is 88.5 Å². The summed E-state index contributed by atoms with van der Waals surface area (Å²) in [6, 6.07) is 3.17. The number of nitrogens with zero attached hydrogens (tertiary/aromatic N) is 2. The molecule has 1 heterocycles. The Morgan fingerprint density at radius 3 is 2.87 bits per heavy atom. The molecule has 0 amide bonds. The molecule has 0 saturated heterocycles. The van der Waals surface area contributed by atoms with Gasteiger partial charge in [-0.3, -0.25) is 0 Å². The topological polar surface area (TPSA) is 35.0 Å². The lowest BCUT2D eigenvalue weighted by atomic mass is 10.3. The standard InChI is InChI=1S/C9H6F2N2OS/c10-6-1-2-9(8(11)3-6)14-5-7-4-12-13-15-7/h1-4H,5H2. The van der Waals surface area contributed by atoms with Crippen LogP contribution in [0.4, 0.5) is 8.78 Å². The highest BCUT2D eigenvalue weighted by Crippen LogP contribution is 2.19. The van der Waals surface area contributed by atoms with E-state index in [0.29, 0.717) is 0 Å². The predicted octanol–water partition coefficient (Wildman–Crippen LogP) is 2.40.